The summed E-state index contributed by atoms with van der Waals surface area (Å²) in [6, 6.07) is 0.400. The van der Waals surface area contributed by atoms with E-state index >= 15 is 0 Å². The van der Waals surface area contributed by atoms with Gasteiger partial charge in [-0.25, -0.2) is 17.6 Å². The molecular formula is C20H17F4N3O4. The lowest BCUT2D eigenvalue weighted by Crippen LogP contribution is -2.53. The molecule has 0 radical (unpaired) electrons. The van der Waals surface area contributed by atoms with Crippen LogP contribution in [0.3, 0.4) is 0 Å². The monoisotopic (exact) mass is 439 g/mol. The molecule has 2 N–H and O–H groups in total. The zero-order chi connectivity index (χ0) is 22.4. The van der Waals surface area contributed by atoms with Crippen molar-refractivity contribution in [3.05, 3.63) is 62.8 Å². The van der Waals surface area contributed by atoms with Crippen LogP contribution in [0.15, 0.2) is 23.1 Å². The fourth-order valence-electron chi connectivity index (χ4n) is 3.99. The highest BCUT2D eigenvalue weighted by Gasteiger charge is 2.39. The second-order valence-corrected chi connectivity index (χ2v) is 7.53. The Kier molecular flexibility index (Phi) is 5.19. The van der Waals surface area contributed by atoms with E-state index in [0.717, 1.165) is 6.20 Å². The normalized spacial score (nSPS) is 20.3. The zero-order valence-corrected chi connectivity index (χ0v) is 16.0. The lowest BCUT2D eigenvalue weighted by molar-refractivity contribution is 0.0381. The molecule has 2 amide bonds. The Morgan fingerprint density at radius 2 is 1.87 bits per heavy atom. The quantitative estimate of drug-likeness (QED) is 0.715. The van der Waals surface area contributed by atoms with E-state index < -0.39 is 70.3 Å². The Labute approximate surface area is 172 Å². The van der Waals surface area contributed by atoms with E-state index in [9.17, 15) is 37.1 Å². The summed E-state index contributed by atoms with van der Waals surface area (Å²) in [5, 5.41) is 12.4. The van der Waals surface area contributed by atoms with Gasteiger partial charge in [0.2, 0.25) is 5.43 Å². The molecule has 0 aliphatic carbocycles. The minimum absolute atomic E-state index is 0.0663. The van der Waals surface area contributed by atoms with Crippen molar-refractivity contribution in [2.24, 2.45) is 0 Å². The molecule has 2 atom stereocenters. The first kappa shape index (κ1) is 20.9. The van der Waals surface area contributed by atoms with Gasteiger partial charge in [0, 0.05) is 49.9 Å². The van der Waals surface area contributed by atoms with Crippen LogP contribution in [0.1, 0.15) is 39.3 Å². The number of nitrogens with one attached hydrogen (secondary N) is 1. The number of halogens is 4. The number of aromatic hydroxyl groups is 1. The molecule has 31 heavy (non-hydrogen) atoms. The third-order valence-electron chi connectivity index (χ3n) is 5.56. The van der Waals surface area contributed by atoms with Gasteiger partial charge in [-0.1, -0.05) is 0 Å². The number of carbonyl (C=O) groups excluding carboxylic acids is 2. The molecule has 0 saturated carbocycles. The van der Waals surface area contributed by atoms with E-state index in [4.69, 9.17) is 0 Å². The van der Waals surface area contributed by atoms with Crippen LogP contribution in [0.4, 0.5) is 17.6 Å². The summed E-state index contributed by atoms with van der Waals surface area (Å²) in [5.41, 5.74) is -2.60. The molecule has 0 bridgehead atoms. The smallest absolute Gasteiger partial charge is 0.274 e. The lowest BCUT2D eigenvalue weighted by atomic mass is 9.97. The van der Waals surface area contributed by atoms with Gasteiger partial charge >= 0.3 is 0 Å². The highest BCUT2D eigenvalue weighted by Crippen LogP contribution is 2.30. The molecule has 4 rings (SSSR count). The molecule has 1 aromatic heterocycles. The SMILES string of the molecule is O=C(NCc1c(F)cc(F)cc1F)c1cn2c(c(O)c1=O)C(=O)N1CCC(F)CC1C2. The molecule has 2 aromatic rings. The third kappa shape index (κ3) is 3.64. The van der Waals surface area contributed by atoms with Crippen LogP contribution in [0.5, 0.6) is 5.75 Å². The summed E-state index contributed by atoms with van der Waals surface area (Å²) in [6.07, 6.45) is 0.209. The van der Waals surface area contributed by atoms with Crippen molar-refractivity contribution in [3.63, 3.8) is 0 Å². The van der Waals surface area contributed by atoms with E-state index in [2.05, 4.69) is 5.32 Å². The van der Waals surface area contributed by atoms with Crippen LogP contribution in [0.25, 0.3) is 0 Å². The van der Waals surface area contributed by atoms with Crippen LogP contribution in [0, 0.1) is 17.5 Å². The summed E-state index contributed by atoms with van der Waals surface area (Å²) >= 11 is 0. The molecule has 1 fully saturated rings. The first-order valence-electron chi connectivity index (χ1n) is 9.50. The topological polar surface area (TPSA) is 91.6 Å². The van der Waals surface area contributed by atoms with E-state index in [1.807, 2.05) is 0 Å². The summed E-state index contributed by atoms with van der Waals surface area (Å²) in [6.45, 7) is -0.468. The Morgan fingerprint density at radius 1 is 1.19 bits per heavy atom. The molecule has 2 unspecified atom stereocenters. The number of fused-ring (bicyclic) bond motifs is 2. The minimum atomic E-state index is -1.22. The number of pyridine rings is 1. The Bertz CT molecular complexity index is 1130. The average Bonchev–Trinajstić information content (AvgIpc) is 2.69. The lowest BCUT2D eigenvalue weighted by Gasteiger charge is -2.41. The number of amides is 2. The van der Waals surface area contributed by atoms with Crippen LogP contribution in [0.2, 0.25) is 0 Å². The fourth-order valence-corrected chi connectivity index (χ4v) is 3.99. The van der Waals surface area contributed by atoms with Crippen LogP contribution < -0.4 is 10.7 Å². The van der Waals surface area contributed by atoms with Gasteiger partial charge in [0.15, 0.2) is 11.4 Å². The molecule has 1 saturated heterocycles. The number of aromatic nitrogens is 1. The predicted octanol–water partition coefficient (Wildman–Crippen LogP) is 1.86. The van der Waals surface area contributed by atoms with Gasteiger partial charge in [0.25, 0.3) is 11.8 Å². The number of alkyl halides is 1. The average molecular weight is 439 g/mol. The number of hydrogen-bond donors (Lipinski definition) is 2. The molecule has 3 heterocycles. The van der Waals surface area contributed by atoms with Gasteiger partial charge in [0.1, 0.15) is 29.2 Å². The molecular weight excluding hydrogens is 422 g/mol. The van der Waals surface area contributed by atoms with Gasteiger partial charge in [-0.2, -0.15) is 0 Å². The summed E-state index contributed by atoms with van der Waals surface area (Å²) in [5.74, 6) is -6.18. The highest BCUT2D eigenvalue weighted by atomic mass is 19.1. The van der Waals surface area contributed by atoms with E-state index in [0.29, 0.717) is 12.1 Å². The summed E-state index contributed by atoms with van der Waals surface area (Å²) in [7, 11) is 0. The fraction of sp³-hybridized carbons (Fsp3) is 0.350. The minimum Gasteiger partial charge on any atom is -0.503 e. The maximum atomic E-state index is 13.8. The van der Waals surface area contributed by atoms with Crippen molar-refractivity contribution in [1.82, 2.24) is 14.8 Å². The number of hydrogen-bond acceptors (Lipinski definition) is 4. The van der Waals surface area contributed by atoms with Crippen molar-refractivity contribution in [1.29, 1.82) is 0 Å². The second kappa shape index (κ2) is 7.71. The number of piperidine rings is 1. The first-order chi connectivity index (χ1) is 14.7. The van der Waals surface area contributed by atoms with Crippen LogP contribution in [-0.4, -0.2) is 45.1 Å². The molecule has 2 aliphatic rings. The third-order valence-corrected chi connectivity index (χ3v) is 5.56. The van der Waals surface area contributed by atoms with Crippen molar-refractivity contribution in [2.45, 2.75) is 38.1 Å². The van der Waals surface area contributed by atoms with Crippen molar-refractivity contribution in [2.75, 3.05) is 6.54 Å². The van der Waals surface area contributed by atoms with Gasteiger partial charge in [-0.05, 0) is 6.42 Å². The number of nitrogens with zero attached hydrogens (tertiary/aromatic N) is 2. The summed E-state index contributed by atoms with van der Waals surface area (Å²) < 4.78 is 55.5. The first-order valence-corrected chi connectivity index (χ1v) is 9.50. The van der Waals surface area contributed by atoms with Gasteiger partial charge in [-0.15, -0.1) is 0 Å². The summed E-state index contributed by atoms with van der Waals surface area (Å²) in [4.78, 5) is 39.0. The molecule has 1 aromatic carbocycles. The zero-order valence-electron chi connectivity index (χ0n) is 16.0. The Morgan fingerprint density at radius 3 is 2.55 bits per heavy atom. The van der Waals surface area contributed by atoms with Gasteiger partial charge in [-0.3, -0.25) is 14.4 Å². The molecule has 164 valence electrons. The largest absolute Gasteiger partial charge is 0.503 e. The predicted molar refractivity (Wildman–Crippen MR) is 98.8 cm³/mol. The number of carbonyl (C=O) groups is 2. The Balaban J connectivity index is 1.63. The Hall–Kier alpha value is -3.37. The molecule has 2 aliphatic heterocycles. The molecule has 0 spiro atoms. The molecule has 11 heteroatoms. The van der Waals surface area contributed by atoms with E-state index in [1.54, 1.807) is 0 Å². The van der Waals surface area contributed by atoms with E-state index in [1.165, 1.54) is 9.47 Å². The van der Waals surface area contributed by atoms with E-state index in [-0.39, 0.29) is 31.6 Å². The van der Waals surface area contributed by atoms with Crippen molar-refractivity contribution < 1.29 is 32.3 Å². The van der Waals surface area contributed by atoms with Gasteiger partial charge < -0.3 is 19.9 Å². The van der Waals surface area contributed by atoms with Crippen LogP contribution in [-0.2, 0) is 13.1 Å². The maximum Gasteiger partial charge on any atom is 0.274 e. The standard InChI is InChI=1S/C20H17F4N3O4/c21-9-1-2-27-11(3-9)7-26-8-13(17(28)18(29)16(26)20(27)31)19(30)25-6-12-14(23)4-10(22)5-15(12)24/h4-5,8-9,11,29H,1-3,6-7H2,(H,25,30). The van der Waals surface area contributed by atoms with Crippen molar-refractivity contribution in [3.8, 4) is 5.75 Å². The van der Waals surface area contributed by atoms with Crippen molar-refractivity contribution >= 4 is 11.8 Å². The van der Waals surface area contributed by atoms with Crippen LogP contribution >= 0.6 is 0 Å². The number of rotatable bonds is 3. The van der Waals surface area contributed by atoms with Gasteiger partial charge in [0.05, 0.1) is 6.04 Å². The maximum absolute atomic E-state index is 13.8. The number of benzene rings is 1. The highest BCUT2D eigenvalue weighted by molar-refractivity contribution is 5.99. The second-order valence-electron chi connectivity index (χ2n) is 7.53. The molecule has 7 nitrogen and oxygen atoms in total.